The molecule has 3 amide bonds. The maximum atomic E-state index is 13.7. The van der Waals surface area contributed by atoms with Gasteiger partial charge in [0, 0.05) is 12.1 Å². The average molecular weight is 354 g/mol. The fourth-order valence-corrected chi connectivity index (χ4v) is 2.88. The molecule has 26 heavy (non-hydrogen) atoms. The molecule has 0 unspecified atom stereocenters. The molecule has 0 aromatic heterocycles. The number of benzene rings is 2. The number of carbonyl (C=O) groups excluding carboxylic acids is 3. The molecule has 0 N–H and O–H groups in total. The van der Waals surface area contributed by atoms with E-state index in [1.165, 1.54) is 17.0 Å². The molecule has 3 rings (SSSR count). The summed E-state index contributed by atoms with van der Waals surface area (Å²) >= 11 is 0. The first-order valence-electron chi connectivity index (χ1n) is 8.38. The zero-order chi connectivity index (χ0) is 18.7. The monoisotopic (exact) mass is 354 g/mol. The number of carbonyl (C=O) groups is 3. The molecule has 5 nitrogen and oxygen atoms in total. The van der Waals surface area contributed by atoms with Gasteiger partial charge in [-0.25, -0.2) is 4.39 Å². The zero-order valence-corrected chi connectivity index (χ0v) is 14.4. The molecule has 0 atom stereocenters. The molecule has 2 aromatic rings. The third-order valence-electron chi connectivity index (χ3n) is 4.43. The van der Waals surface area contributed by atoms with E-state index in [0.29, 0.717) is 12.0 Å². The van der Waals surface area contributed by atoms with E-state index in [2.05, 4.69) is 0 Å². The SMILES string of the molecule is Cc1ccc(C(=O)N2CC(=O)N(CCc3ccccc3)C(=O)C2)cc1F. The summed E-state index contributed by atoms with van der Waals surface area (Å²) in [4.78, 5) is 39.5. The normalized spacial score (nSPS) is 14.7. The molecule has 0 aliphatic carbocycles. The summed E-state index contributed by atoms with van der Waals surface area (Å²) in [6, 6.07) is 13.7. The van der Waals surface area contributed by atoms with Gasteiger partial charge in [0.1, 0.15) is 18.9 Å². The predicted molar refractivity (Wildman–Crippen MR) is 93.9 cm³/mol. The van der Waals surface area contributed by atoms with E-state index in [4.69, 9.17) is 0 Å². The van der Waals surface area contributed by atoms with Crippen molar-refractivity contribution < 1.29 is 18.8 Å². The highest BCUT2D eigenvalue weighted by atomic mass is 19.1. The number of halogens is 1. The molecule has 1 aliphatic rings. The van der Waals surface area contributed by atoms with Crippen LogP contribution >= 0.6 is 0 Å². The van der Waals surface area contributed by atoms with Crippen LogP contribution < -0.4 is 0 Å². The van der Waals surface area contributed by atoms with Gasteiger partial charge in [-0.3, -0.25) is 19.3 Å². The minimum absolute atomic E-state index is 0.131. The number of rotatable bonds is 4. The van der Waals surface area contributed by atoms with Crippen molar-refractivity contribution in [3.05, 3.63) is 71.0 Å². The largest absolute Gasteiger partial charge is 0.320 e. The van der Waals surface area contributed by atoms with Crippen molar-refractivity contribution in [1.29, 1.82) is 0 Å². The quantitative estimate of drug-likeness (QED) is 0.791. The van der Waals surface area contributed by atoms with Crippen LogP contribution in [0, 0.1) is 12.7 Å². The van der Waals surface area contributed by atoms with Gasteiger partial charge in [0.25, 0.3) is 5.91 Å². The fourth-order valence-electron chi connectivity index (χ4n) is 2.88. The van der Waals surface area contributed by atoms with Gasteiger partial charge < -0.3 is 4.90 Å². The lowest BCUT2D eigenvalue weighted by atomic mass is 10.1. The first-order chi connectivity index (χ1) is 12.5. The van der Waals surface area contributed by atoms with Crippen LogP contribution in [0.4, 0.5) is 4.39 Å². The Kier molecular flexibility index (Phi) is 5.11. The van der Waals surface area contributed by atoms with Crippen LogP contribution in [0.25, 0.3) is 0 Å². The summed E-state index contributed by atoms with van der Waals surface area (Å²) in [5.41, 5.74) is 1.59. The Bertz CT molecular complexity index is 833. The number of piperazine rings is 1. The number of imide groups is 1. The Morgan fingerprint density at radius 1 is 1.04 bits per heavy atom. The van der Waals surface area contributed by atoms with Gasteiger partial charge in [0.2, 0.25) is 11.8 Å². The van der Waals surface area contributed by atoms with Crippen LogP contribution in [0.3, 0.4) is 0 Å². The van der Waals surface area contributed by atoms with E-state index >= 15 is 0 Å². The van der Waals surface area contributed by atoms with Crippen LogP contribution in [-0.4, -0.2) is 47.2 Å². The Hall–Kier alpha value is -3.02. The van der Waals surface area contributed by atoms with Crippen molar-refractivity contribution in [1.82, 2.24) is 9.80 Å². The van der Waals surface area contributed by atoms with Gasteiger partial charge in [-0.2, -0.15) is 0 Å². The van der Waals surface area contributed by atoms with E-state index in [1.54, 1.807) is 6.92 Å². The first-order valence-corrected chi connectivity index (χ1v) is 8.38. The lowest BCUT2D eigenvalue weighted by Gasteiger charge is -2.32. The van der Waals surface area contributed by atoms with Crippen LogP contribution in [0.2, 0.25) is 0 Å². The van der Waals surface area contributed by atoms with E-state index in [-0.39, 0.29) is 25.2 Å². The van der Waals surface area contributed by atoms with Gasteiger partial charge in [0.05, 0.1) is 0 Å². The summed E-state index contributed by atoms with van der Waals surface area (Å²) in [5.74, 6) is -1.85. The first kappa shape index (κ1) is 17.8. The van der Waals surface area contributed by atoms with Crippen LogP contribution in [0.5, 0.6) is 0 Å². The predicted octanol–water partition coefficient (Wildman–Crippen LogP) is 2.19. The minimum Gasteiger partial charge on any atom is -0.320 e. The third-order valence-corrected chi connectivity index (χ3v) is 4.43. The van der Waals surface area contributed by atoms with Crippen LogP contribution in [-0.2, 0) is 16.0 Å². The summed E-state index contributed by atoms with van der Waals surface area (Å²) in [5, 5.41) is 0. The molecule has 1 heterocycles. The average Bonchev–Trinajstić information content (AvgIpc) is 2.63. The summed E-state index contributed by atoms with van der Waals surface area (Å²) in [6.45, 7) is 1.51. The molecule has 2 aromatic carbocycles. The van der Waals surface area contributed by atoms with Gasteiger partial charge in [0.15, 0.2) is 0 Å². The molecule has 1 fully saturated rings. The summed E-state index contributed by atoms with van der Waals surface area (Å²) in [7, 11) is 0. The molecule has 1 saturated heterocycles. The van der Waals surface area contributed by atoms with Crippen LogP contribution in [0.1, 0.15) is 21.5 Å². The van der Waals surface area contributed by atoms with E-state index in [9.17, 15) is 18.8 Å². The standard InChI is InChI=1S/C20H19FN2O3/c1-14-7-8-16(11-17(14)21)20(26)22-12-18(24)23(19(25)13-22)10-9-15-5-3-2-4-6-15/h2-8,11H,9-10,12-13H2,1H3. The highest BCUT2D eigenvalue weighted by Crippen LogP contribution is 2.14. The van der Waals surface area contributed by atoms with Gasteiger partial charge in [-0.05, 0) is 36.6 Å². The van der Waals surface area contributed by atoms with Crippen molar-refractivity contribution in [2.75, 3.05) is 19.6 Å². The zero-order valence-electron chi connectivity index (χ0n) is 14.4. The number of aryl methyl sites for hydroxylation is 1. The summed E-state index contributed by atoms with van der Waals surface area (Å²) in [6.07, 6.45) is 0.565. The Morgan fingerprint density at radius 2 is 1.69 bits per heavy atom. The Labute approximate surface area is 151 Å². The lowest BCUT2D eigenvalue weighted by molar-refractivity contribution is -0.150. The molecule has 6 heteroatoms. The number of hydrogen-bond donors (Lipinski definition) is 0. The van der Waals surface area contributed by atoms with Gasteiger partial charge >= 0.3 is 0 Å². The summed E-state index contributed by atoms with van der Waals surface area (Å²) < 4.78 is 13.7. The van der Waals surface area contributed by atoms with Crippen molar-refractivity contribution >= 4 is 17.7 Å². The second-order valence-corrected chi connectivity index (χ2v) is 6.30. The van der Waals surface area contributed by atoms with Crippen LogP contribution in [0.15, 0.2) is 48.5 Å². The molecule has 0 spiro atoms. The maximum Gasteiger partial charge on any atom is 0.254 e. The molecular weight excluding hydrogens is 335 g/mol. The second kappa shape index (κ2) is 7.47. The van der Waals surface area contributed by atoms with E-state index in [1.807, 2.05) is 30.3 Å². The lowest BCUT2D eigenvalue weighted by Crippen LogP contribution is -2.55. The molecule has 0 saturated carbocycles. The molecule has 1 aliphatic heterocycles. The van der Waals surface area contributed by atoms with E-state index < -0.39 is 23.5 Å². The Balaban J connectivity index is 1.65. The van der Waals surface area contributed by atoms with Gasteiger partial charge in [-0.15, -0.1) is 0 Å². The van der Waals surface area contributed by atoms with Crippen molar-refractivity contribution in [3.8, 4) is 0 Å². The molecular formula is C20H19FN2O3. The minimum atomic E-state index is -0.520. The number of nitrogens with zero attached hydrogens (tertiary/aromatic N) is 2. The highest BCUT2D eigenvalue weighted by molar-refractivity contribution is 6.05. The molecule has 0 bridgehead atoms. The van der Waals surface area contributed by atoms with Crippen molar-refractivity contribution in [2.45, 2.75) is 13.3 Å². The molecule has 134 valence electrons. The molecule has 0 radical (unpaired) electrons. The third kappa shape index (κ3) is 3.79. The fraction of sp³-hybridized carbons (Fsp3) is 0.250. The Morgan fingerprint density at radius 3 is 2.31 bits per heavy atom. The number of amides is 3. The van der Waals surface area contributed by atoms with Gasteiger partial charge in [-0.1, -0.05) is 36.4 Å². The van der Waals surface area contributed by atoms with Crippen molar-refractivity contribution in [2.24, 2.45) is 0 Å². The van der Waals surface area contributed by atoms with Crippen molar-refractivity contribution in [3.63, 3.8) is 0 Å². The topological polar surface area (TPSA) is 57.7 Å². The highest BCUT2D eigenvalue weighted by Gasteiger charge is 2.33. The number of hydrogen-bond acceptors (Lipinski definition) is 3. The maximum absolute atomic E-state index is 13.7. The smallest absolute Gasteiger partial charge is 0.254 e. The van der Waals surface area contributed by atoms with E-state index in [0.717, 1.165) is 16.5 Å². The second-order valence-electron chi connectivity index (χ2n) is 6.30.